The number of ether oxygens (including phenoxy) is 1. The average molecular weight is 331 g/mol. The van der Waals surface area contributed by atoms with Crippen LogP contribution in [0.15, 0.2) is 47.4 Å². The molecule has 3 rings (SSSR count). The fourth-order valence-corrected chi connectivity index (χ4v) is 3.77. The number of benzene rings is 1. The van der Waals surface area contributed by atoms with Gasteiger partial charge in [-0.2, -0.15) is 5.10 Å². The second-order valence-corrected chi connectivity index (χ2v) is 6.29. The highest BCUT2D eigenvalue weighted by Crippen LogP contribution is 2.38. The number of rotatable bonds is 4. The quantitative estimate of drug-likeness (QED) is 0.850. The van der Waals surface area contributed by atoms with E-state index in [1.807, 2.05) is 24.3 Å². The van der Waals surface area contributed by atoms with E-state index in [9.17, 15) is 9.59 Å². The Bertz CT molecular complexity index is 745. The summed E-state index contributed by atoms with van der Waals surface area (Å²) in [5.41, 5.74) is 0.781. The minimum atomic E-state index is -0.270. The molecule has 1 aliphatic heterocycles. The van der Waals surface area contributed by atoms with Crippen LogP contribution >= 0.6 is 11.8 Å². The Hall–Kier alpha value is -2.28. The van der Waals surface area contributed by atoms with Gasteiger partial charge in [0.2, 0.25) is 5.91 Å². The zero-order valence-electron chi connectivity index (χ0n) is 12.7. The lowest BCUT2D eigenvalue weighted by atomic mass is 10.2. The van der Waals surface area contributed by atoms with Crippen molar-refractivity contribution in [2.24, 2.45) is 0 Å². The highest BCUT2D eigenvalue weighted by Gasteiger charge is 2.30. The van der Waals surface area contributed by atoms with Crippen molar-refractivity contribution >= 4 is 17.7 Å². The van der Waals surface area contributed by atoms with Gasteiger partial charge in [-0.25, -0.2) is 4.68 Å². The number of hydrogen-bond acceptors (Lipinski definition) is 5. The summed E-state index contributed by atoms with van der Waals surface area (Å²) < 4.78 is 6.36. The van der Waals surface area contributed by atoms with E-state index in [1.165, 1.54) is 16.9 Å². The molecule has 1 saturated heterocycles. The van der Waals surface area contributed by atoms with Crippen LogP contribution in [0.25, 0.3) is 0 Å². The smallest absolute Gasteiger partial charge is 0.267 e. The second kappa shape index (κ2) is 6.87. The van der Waals surface area contributed by atoms with Gasteiger partial charge in [-0.3, -0.25) is 9.59 Å². The summed E-state index contributed by atoms with van der Waals surface area (Å²) in [6.07, 6.45) is 1.51. The van der Waals surface area contributed by atoms with Crippen LogP contribution < -0.4 is 10.3 Å². The highest BCUT2D eigenvalue weighted by molar-refractivity contribution is 7.99. The zero-order chi connectivity index (χ0) is 16.2. The van der Waals surface area contributed by atoms with E-state index in [-0.39, 0.29) is 23.4 Å². The van der Waals surface area contributed by atoms with Crippen LogP contribution in [0.1, 0.15) is 10.9 Å². The lowest BCUT2D eigenvalue weighted by Gasteiger charge is -2.24. The SMILES string of the molecule is COc1ccc(C2SCCN2C(=O)Cn2ncccc2=O)cc1. The van der Waals surface area contributed by atoms with Crippen LogP contribution in [0.2, 0.25) is 0 Å². The summed E-state index contributed by atoms with van der Waals surface area (Å²) in [5, 5.41) is 3.91. The third kappa shape index (κ3) is 3.39. The normalized spacial score (nSPS) is 17.3. The first kappa shape index (κ1) is 15.6. The molecule has 7 heteroatoms. The van der Waals surface area contributed by atoms with E-state index >= 15 is 0 Å². The first-order valence-electron chi connectivity index (χ1n) is 7.26. The monoisotopic (exact) mass is 331 g/mol. The fourth-order valence-electron chi connectivity index (χ4n) is 2.50. The van der Waals surface area contributed by atoms with Crippen LogP contribution in [0.3, 0.4) is 0 Å². The molecular weight excluding hydrogens is 314 g/mol. The maximum Gasteiger partial charge on any atom is 0.267 e. The fraction of sp³-hybridized carbons (Fsp3) is 0.312. The van der Waals surface area contributed by atoms with Gasteiger partial charge in [-0.05, 0) is 23.8 Å². The molecule has 0 N–H and O–H groups in total. The Morgan fingerprint density at radius 3 is 2.83 bits per heavy atom. The standard InChI is InChI=1S/C16H17N3O3S/c1-22-13-6-4-12(5-7-13)16-18(9-10-23-16)15(21)11-19-14(20)3-2-8-17-19/h2-8,16H,9-11H2,1H3. The van der Waals surface area contributed by atoms with E-state index in [4.69, 9.17) is 4.74 Å². The Morgan fingerprint density at radius 2 is 2.13 bits per heavy atom. The van der Waals surface area contributed by atoms with E-state index in [0.29, 0.717) is 6.54 Å². The lowest BCUT2D eigenvalue weighted by Crippen LogP contribution is -2.36. The van der Waals surface area contributed by atoms with Crippen molar-refractivity contribution in [3.8, 4) is 5.75 Å². The van der Waals surface area contributed by atoms with E-state index in [0.717, 1.165) is 17.1 Å². The largest absolute Gasteiger partial charge is 0.497 e. The number of nitrogens with zero attached hydrogens (tertiary/aromatic N) is 3. The first-order valence-corrected chi connectivity index (χ1v) is 8.31. The molecule has 0 aliphatic carbocycles. The molecule has 120 valence electrons. The summed E-state index contributed by atoms with van der Waals surface area (Å²) in [6.45, 7) is 0.634. The summed E-state index contributed by atoms with van der Waals surface area (Å²) in [6, 6.07) is 10.7. The number of methoxy groups -OCH3 is 1. The average Bonchev–Trinajstić information content (AvgIpc) is 3.07. The van der Waals surface area contributed by atoms with Gasteiger partial charge in [0.1, 0.15) is 17.7 Å². The zero-order valence-corrected chi connectivity index (χ0v) is 13.5. The van der Waals surface area contributed by atoms with Crippen LogP contribution in [0.5, 0.6) is 5.75 Å². The Kier molecular flexibility index (Phi) is 4.66. The minimum Gasteiger partial charge on any atom is -0.497 e. The topological polar surface area (TPSA) is 64.4 Å². The molecule has 0 radical (unpaired) electrons. The van der Waals surface area contributed by atoms with Gasteiger partial charge < -0.3 is 9.64 Å². The van der Waals surface area contributed by atoms with Gasteiger partial charge >= 0.3 is 0 Å². The van der Waals surface area contributed by atoms with Gasteiger partial charge in [0.25, 0.3) is 5.56 Å². The predicted molar refractivity (Wildman–Crippen MR) is 88.4 cm³/mol. The van der Waals surface area contributed by atoms with Crippen LogP contribution in [-0.2, 0) is 11.3 Å². The molecular formula is C16H17N3O3S. The molecule has 1 atom stereocenters. The number of carbonyl (C=O) groups is 1. The van der Waals surface area contributed by atoms with Crippen molar-refractivity contribution in [1.82, 2.24) is 14.7 Å². The maximum atomic E-state index is 12.6. The van der Waals surface area contributed by atoms with Gasteiger partial charge in [0.15, 0.2) is 0 Å². The van der Waals surface area contributed by atoms with Crippen LogP contribution in [-0.4, -0.2) is 40.0 Å². The van der Waals surface area contributed by atoms with Crippen LogP contribution in [0.4, 0.5) is 0 Å². The lowest BCUT2D eigenvalue weighted by molar-refractivity contribution is -0.132. The van der Waals surface area contributed by atoms with Gasteiger partial charge in [-0.1, -0.05) is 12.1 Å². The molecule has 0 saturated carbocycles. The third-order valence-electron chi connectivity index (χ3n) is 3.68. The molecule has 1 fully saturated rings. The van der Waals surface area contributed by atoms with Crippen molar-refractivity contribution in [3.05, 3.63) is 58.5 Å². The van der Waals surface area contributed by atoms with Crippen molar-refractivity contribution in [3.63, 3.8) is 0 Å². The van der Waals surface area contributed by atoms with E-state index in [1.54, 1.807) is 29.8 Å². The molecule has 1 aliphatic rings. The number of aromatic nitrogens is 2. The first-order chi connectivity index (χ1) is 11.2. The summed E-state index contributed by atoms with van der Waals surface area (Å²) in [4.78, 5) is 26.1. The minimum absolute atomic E-state index is 0.0344. The molecule has 1 aromatic heterocycles. The number of hydrogen-bond donors (Lipinski definition) is 0. The van der Waals surface area contributed by atoms with Gasteiger partial charge in [-0.15, -0.1) is 11.8 Å². The second-order valence-electron chi connectivity index (χ2n) is 5.10. The molecule has 1 aromatic carbocycles. The summed E-state index contributed by atoms with van der Waals surface area (Å²) in [5.74, 6) is 1.56. The summed E-state index contributed by atoms with van der Waals surface area (Å²) >= 11 is 1.72. The highest BCUT2D eigenvalue weighted by atomic mass is 32.2. The molecule has 2 aromatic rings. The van der Waals surface area contributed by atoms with Crippen molar-refractivity contribution in [2.45, 2.75) is 11.9 Å². The van der Waals surface area contributed by atoms with Gasteiger partial charge in [0, 0.05) is 24.6 Å². The Morgan fingerprint density at radius 1 is 1.35 bits per heavy atom. The maximum absolute atomic E-state index is 12.6. The molecule has 0 spiro atoms. The van der Waals surface area contributed by atoms with Crippen molar-refractivity contribution in [1.29, 1.82) is 0 Å². The molecule has 1 unspecified atom stereocenters. The molecule has 1 amide bonds. The molecule has 23 heavy (non-hydrogen) atoms. The Labute approximate surface area is 138 Å². The molecule has 2 heterocycles. The van der Waals surface area contributed by atoms with Crippen LogP contribution in [0, 0.1) is 0 Å². The molecule has 6 nitrogen and oxygen atoms in total. The Balaban J connectivity index is 1.76. The van der Waals surface area contributed by atoms with Crippen molar-refractivity contribution in [2.75, 3.05) is 19.4 Å². The van der Waals surface area contributed by atoms with E-state index < -0.39 is 0 Å². The third-order valence-corrected chi connectivity index (χ3v) is 4.94. The van der Waals surface area contributed by atoms with Gasteiger partial charge in [0.05, 0.1) is 7.11 Å². The number of carbonyl (C=O) groups excluding carboxylic acids is 1. The summed E-state index contributed by atoms with van der Waals surface area (Å²) in [7, 11) is 1.62. The van der Waals surface area contributed by atoms with Crippen molar-refractivity contribution < 1.29 is 9.53 Å². The number of amides is 1. The molecule has 0 bridgehead atoms. The van der Waals surface area contributed by atoms with E-state index in [2.05, 4.69) is 5.10 Å². The number of thioether (sulfide) groups is 1. The predicted octanol–water partition coefficient (Wildman–Crippen LogP) is 1.53.